The van der Waals surface area contributed by atoms with Gasteiger partial charge < -0.3 is 20.3 Å². The maximum atomic E-state index is 14.5. The van der Waals surface area contributed by atoms with E-state index in [1.165, 1.54) is 4.90 Å². The first-order valence-electron chi connectivity index (χ1n) is 21.3. The van der Waals surface area contributed by atoms with Crippen LogP contribution in [0.1, 0.15) is 103 Å². The predicted molar refractivity (Wildman–Crippen MR) is 227 cm³/mol. The molecule has 2 bridgehead atoms. The fraction of sp³-hybridized carbons (Fsp3) is 0.500. The number of carbonyl (C=O) groups excluding carboxylic acids is 5. The number of carbonyl (C=O) groups is 5. The van der Waals surface area contributed by atoms with Crippen LogP contribution in [0.3, 0.4) is 0 Å². The van der Waals surface area contributed by atoms with Crippen LogP contribution in [0.5, 0.6) is 5.75 Å². The molecule has 1 aliphatic carbocycles. The van der Waals surface area contributed by atoms with Crippen molar-refractivity contribution in [3.05, 3.63) is 82.0 Å². The normalized spacial score (nSPS) is 27.2. The van der Waals surface area contributed by atoms with Crippen LogP contribution in [0.15, 0.2) is 54.7 Å². The number of hydrogen-bond acceptors (Lipinski definition) is 11. The molecule has 7 heterocycles. The molecular weight excluding hydrogens is 796 g/mol. The van der Waals surface area contributed by atoms with E-state index in [1.54, 1.807) is 36.5 Å². The van der Waals surface area contributed by atoms with Gasteiger partial charge in [0.25, 0.3) is 17.7 Å². The van der Waals surface area contributed by atoms with Gasteiger partial charge in [0.1, 0.15) is 29.8 Å². The van der Waals surface area contributed by atoms with Crippen LogP contribution in [-0.2, 0) is 9.59 Å². The first-order valence-corrected chi connectivity index (χ1v) is 21.7. The van der Waals surface area contributed by atoms with Crippen molar-refractivity contribution in [3.63, 3.8) is 0 Å². The van der Waals surface area contributed by atoms with Gasteiger partial charge in [-0.1, -0.05) is 39.3 Å². The summed E-state index contributed by atoms with van der Waals surface area (Å²) in [6, 6.07) is 14.9. The number of halogens is 1. The third kappa shape index (κ3) is 6.81. The van der Waals surface area contributed by atoms with Crippen LogP contribution < -0.4 is 20.3 Å². The molecule has 2 N–H and O–H groups in total. The van der Waals surface area contributed by atoms with Crippen LogP contribution in [0, 0.1) is 28.1 Å². The van der Waals surface area contributed by atoms with Gasteiger partial charge in [0.15, 0.2) is 0 Å². The van der Waals surface area contributed by atoms with Crippen LogP contribution in [0.4, 0.5) is 11.5 Å². The molecule has 10 rings (SSSR count). The Balaban J connectivity index is 0.849. The predicted octanol–water partition coefficient (Wildman–Crippen LogP) is 5.27. The lowest BCUT2D eigenvalue weighted by Crippen LogP contribution is -2.77. The number of nitrogens with two attached hydrogens (primary N) is 1. The first-order chi connectivity index (χ1) is 29.1. The number of hydrogen-bond donors (Lipinski definition) is 1. The molecule has 61 heavy (non-hydrogen) atoms. The molecule has 7 aliphatic rings. The van der Waals surface area contributed by atoms with Crippen molar-refractivity contribution in [1.29, 1.82) is 5.26 Å². The monoisotopic (exact) mass is 846 g/mol. The molecule has 5 saturated heterocycles. The third-order valence-electron chi connectivity index (χ3n) is 14.4. The highest BCUT2D eigenvalue weighted by atomic mass is 35.5. The van der Waals surface area contributed by atoms with Crippen LogP contribution in [0.2, 0.25) is 5.02 Å². The first kappa shape index (κ1) is 40.9. The van der Waals surface area contributed by atoms with E-state index in [2.05, 4.69) is 19.7 Å². The van der Waals surface area contributed by atoms with Crippen molar-refractivity contribution < 1.29 is 28.7 Å². The summed E-state index contributed by atoms with van der Waals surface area (Å²) in [4.78, 5) is 82.0. The maximum Gasteiger partial charge on any atom is 0.262 e. The summed E-state index contributed by atoms with van der Waals surface area (Å²) in [5, 5.41) is 9.57. The lowest BCUT2D eigenvalue weighted by Gasteiger charge is -2.65. The molecule has 0 spiro atoms. The highest BCUT2D eigenvalue weighted by molar-refractivity contribution is 6.31. The minimum Gasteiger partial charge on any atom is -0.489 e. The minimum atomic E-state index is -1.11. The molecule has 318 valence electrons. The van der Waals surface area contributed by atoms with Crippen molar-refractivity contribution >= 4 is 52.6 Å². The summed E-state index contributed by atoms with van der Waals surface area (Å²) < 4.78 is 6.42. The molecular formula is C46H51ClN8O6. The van der Waals surface area contributed by atoms with E-state index in [0.717, 1.165) is 74.8 Å². The van der Waals surface area contributed by atoms with Crippen molar-refractivity contribution in [3.8, 4) is 11.8 Å². The Morgan fingerprint density at radius 2 is 1.61 bits per heavy atom. The molecule has 5 amide bonds. The number of fused-ring (bicyclic) bond motifs is 4. The van der Waals surface area contributed by atoms with Crippen molar-refractivity contribution in [1.82, 2.24) is 19.7 Å². The number of nitriles is 1. The Hall–Kier alpha value is -5.52. The number of pyridine rings is 1. The molecule has 3 atom stereocenters. The number of aromatic nitrogens is 1. The number of benzene rings is 2. The fourth-order valence-corrected chi connectivity index (χ4v) is 11.9. The Morgan fingerprint density at radius 1 is 0.885 bits per heavy atom. The van der Waals surface area contributed by atoms with Gasteiger partial charge in [0.05, 0.1) is 33.3 Å². The zero-order chi connectivity index (χ0) is 43.1. The maximum absolute atomic E-state index is 14.5. The summed E-state index contributed by atoms with van der Waals surface area (Å²) >= 11 is 6.29. The second kappa shape index (κ2) is 15.1. The van der Waals surface area contributed by atoms with Crippen LogP contribution in [-0.4, -0.2) is 112 Å². The number of amides is 5. The topological polar surface area (TPSA) is 173 Å². The summed E-state index contributed by atoms with van der Waals surface area (Å²) in [7, 11) is 0. The number of piperidine rings is 4. The molecule has 6 fully saturated rings. The Bertz CT molecular complexity index is 2360. The van der Waals surface area contributed by atoms with Crippen molar-refractivity contribution in [2.75, 3.05) is 42.5 Å². The molecule has 6 aliphatic heterocycles. The summed E-state index contributed by atoms with van der Waals surface area (Å²) in [6.07, 6.45) is 5.47. The highest BCUT2D eigenvalue weighted by Gasteiger charge is 2.68. The SMILES string of the molecule is CC1(C)C(Oc2ccc(C#N)c(Cl)c2)C(C)(C)C1N1C(=O)CC[C@@H](N2C(=O)c3ccc(N4C[C@@H]5CC[C@@H]4CN5CC4CCN(c5ccc(C(N)=O)cn5)CC4)cc3C2=O)C1=O. The van der Waals surface area contributed by atoms with Gasteiger partial charge in [0.2, 0.25) is 11.8 Å². The molecule has 1 aromatic heterocycles. The quantitative estimate of drug-likeness (QED) is 0.278. The van der Waals surface area contributed by atoms with Gasteiger partial charge in [-0.2, -0.15) is 5.26 Å². The lowest BCUT2D eigenvalue weighted by atomic mass is 9.48. The van der Waals surface area contributed by atoms with E-state index in [0.29, 0.717) is 34.4 Å². The van der Waals surface area contributed by atoms with Crippen LogP contribution in [0.25, 0.3) is 0 Å². The fourth-order valence-electron chi connectivity index (χ4n) is 11.7. The summed E-state index contributed by atoms with van der Waals surface area (Å²) in [5.41, 5.74) is 6.19. The van der Waals surface area contributed by atoms with Gasteiger partial charge >= 0.3 is 0 Å². The largest absolute Gasteiger partial charge is 0.489 e. The van der Waals surface area contributed by atoms with E-state index in [1.807, 2.05) is 52.0 Å². The van der Waals surface area contributed by atoms with E-state index < -0.39 is 52.6 Å². The number of anilines is 2. The van der Waals surface area contributed by atoms with Gasteiger partial charge in [-0.3, -0.25) is 38.7 Å². The van der Waals surface area contributed by atoms with Gasteiger partial charge in [0, 0.05) is 80.0 Å². The average Bonchev–Trinajstić information content (AvgIpc) is 3.49. The van der Waals surface area contributed by atoms with Crippen LogP contribution >= 0.6 is 11.6 Å². The number of piperazine rings is 1. The van der Waals surface area contributed by atoms with E-state index in [4.69, 9.17) is 22.1 Å². The smallest absolute Gasteiger partial charge is 0.262 e. The molecule has 14 nitrogen and oxygen atoms in total. The highest BCUT2D eigenvalue weighted by Crippen LogP contribution is 2.58. The van der Waals surface area contributed by atoms with Gasteiger partial charge in [-0.15, -0.1) is 0 Å². The minimum absolute atomic E-state index is 0.0182. The Labute approximate surface area is 360 Å². The zero-order valence-electron chi connectivity index (χ0n) is 35.0. The Morgan fingerprint density at radius 3 is 2.25 bits per heavy atom. The van der Waals surface area contributed by atoms with Crippen molar-refractivity contribution in [2.24, 2.45) is 22.5 Å². The van der Waals surface area contributed by atoms with E-state index >= 15 is 0 Å². The van der Waals surface area contributed by atoms with Gasteiger partial charge in [-0.05, 0) is 80.5 Å². The molecule has 0 unspecified atom stereocenters. The van der Waals surface area contributed by atoms with Crippen molar-refractivity contribution in [2.45, 2.75) is 96.5 Å². The number of primary amides is 1. The summed E-state index contributed by atoms with van der Waals surface area (Å²) in [5.74, 6) is -0.471. The third-order valence-corrected chi connectivity index (χ3v) is 14.7. The van der Waals surface area contributed by atoms with E-state index in [9.17, 15) is 29.2 Å². The standard InChI is InChI=1S/C46H51ClN8O6/c1-45(2)43(46(3,4)44(45)61-32-10-5-27(21-48)35(47)20-32)55-38(56)14-12-36(42(55)60)54-40(58)33-11-9-29(19-34(33)41(54)59)53-25-30-7-8-31(53)24-52(30)23-26-15-17-51(18-16-26)37-13-6-28(22-50-37)39(49)57/h5-6,9-11,13,19-20,22,26,30-31,36,43-44H,7-8,12,14-18,23-25H2,1-4H3,(H2,49,57)/t30-,31+,36+,43?,44?/m0/s1. The zero-order valence-corrected chi connectivity index (χ0v) is 35.7. The number of ether oxygens (including phenoxy) is 1. The average molecular weight is 847 g/mol. The Kier molecular flexibility index (Phi) is 10.1. The second-order valence-electron chi connectivity index (χ2n) is 18.9. The second-order valence-corrected chi connectivity index (χ2v) is 19.3. The number of nitrogens with zero attached hydrogens (tertiary/aromatic N) is 7. The summed E-state index contributed by atoms with van der Waals surface area (Å²) in [6.45, 7) is 12.4. The molecule has 0 radical (unpaired) electrons. The molecule has 15 heteroatoms. The molecule has 1 saturated carbocycles. The van der Waals surface area contributed by atoms with E-state index in [-0.39, 0.29) is 35.4 Å². The number of likely N-dealkylation sites (tertiary alicyclic amines) is 1. The number of imide groups is 2. The number of rotatable bonds is 9. The van der Waals surface area contributed by atoms with Gasteiger partial charge in [-0.25, -0.2) is 4.98 Å². The molecule has 2 aromatic carbocycles. The molecule has 3 aromatic rings. The lowest BCUT2D eigenvalue weighted by molar-refractivity contribution is -0.216.